The van der Waals surface area contributed by atoms with Crippen LogP contribution in [-0.4, -0.2) is 46.9 Å². The fourth-order valence-electron chi connectivity index (χ4n) is 9.08. The summed E-state index contributed by atoms with van der Waals surface area (Å²) in [5.41, 5.74) is 0. The van der Waals surface area contributed by atoms with Gasteiger partial charge in [0.2, 0.25) is 5.91 Å². The van der Waals surface area contributed by atoms with Gasteiger partial charge in [0, 0.05) is 6.42 Å². The second-order valence-electron chi connectivity index (χ2n) is 20.7. The Bertz CT molecular complexity index is 1360. The molecule has 6 nitrogen and oxygen atoms in total. The predicted octanol–water partition coefficient (Wildman–Crippen LogP) is 19.5. The van der Waals surface area contributed by atoms with Crippen LogP contribution in [0.5, 0.6) is 0 Å². The number of esters is 1. The molecule has 416 valence electrons. The lowest BCUT2D eigenvalue weighted by Crippen LogP contribution is -2.46. The van der Waals surface area contributed by atoms with Crippen molar-refractivity contribution in [3.8, 4) is 0 Å². The van der Waals surface area contributed by atoms with Gasteiger partial charge in [-0.15, -0.1) is 0 Å². The van der Waals surface area contributed by atoms with Gasteiger partial charge in [-0.3, -0.25) is 9.59 Å². The van der Waals surface area contributed by atoms with Gasteiger partial charge in [-0.25, -0.2) is 0 Å². The fourth-order valence-corrected chi connectivity index (χ4v) is 9.08. The first-order chi connectivity index (χ1) is 35.5. The maximum atomic E-state index is 13.3. The molecule has 0 rings (SSSR count). The van der Waals surface area contributed by atoms with Gasteiger partial charge in [0.15, 0.2) is 0 Å². The molecule has 0 aromatic rings. The molecule has 72 heavy (non-hydrogen) atoms. The van der Waals surface area contributed by atoms with Crippen molar-refractivity contribution in [1.29, 1.82) is 0 Å². The average Bonchev–Trinajstić information content (AvgIpc) is 3.37. The van der Waals surface area contributed by atoms with E-state index in [-0.39, 0.29) is 24.9 Å². The number of amides is 1. The molecule has 0 saturated carbocycles. The SMILES string of the molecule is CC/C=C\C/C=C\C/C=C\C/C=C\C/C=C\CCCCCC(=O)OC(CCCCCCCCC/C=C\C/C=C\CCCCC)CC(=O)NC(CO)C(O)CCCCCCCCCCCCCCCCCCC. The molecule has 0 aliphatic heterocycles. The van der Waals surface area contributed by atoms with Crippen molar-refractivity contribution in [1.82, 2.24) is 5.32 Å². The minimum atomic E-state index is -0.802. The molecule has 3 unspecified atom stereocenters. The molecule has 3 N–H and O–H groups in total. The molecule has 0 heterocycles. The normalized spacial score (nSPS) is 13.7. The van der Waals surface area contributed by atoms with E-state index in [1.165, 1.54) is 141 Å². The number of rotatable bonds is 55. The third-order valence-electron chi connectivity index (χ3n) is 13.7. The van der Waals surface area contributed by atoms with Gasteiger partial charge in [-0.2, -0.15) is 0 Å². The van der Waals surface area contributed by atoms with Crippen LogP contribution >= 0.6 is 0 Å². The Morgan fingerprint density at radius 2 is 0.750 bits per heavy atom. The minimum Gasteiger partial charge on any atom is -0.462 e. The summed E-state index contributed by atoms with van der Waals surface area (Å²) in [6.07, 6.45) is 77.9. The number of carbonyl (C=O) groups excluding carboxylic acids is 2. The first kappa shape index (κ1) is 69.0. The molecule has 0 radical (unpaired) electrons. The number of unbranched alkanes of at least 4 members (excludes halogenated alkanes) is 29. The Hall–Kier alpha value is -2.96. The van der Waals surface area contributed by atoms with Crippen molar-refractivity contribution in [3.63, 3.8) is 0 Å². The number of carbonyl (C=O) groups is 2. The number of nitrogens with one attached hydrogen (secondary N) is 1. The zero-order valence-electron chi connectivity index (χ0n) is 47.5. The minimum absolute atomic E-state index is 0.0559. The maximum Gasteiger partial charge on any atom is 0.306 e. The summed E-state index contributed by atoms with van der Waals surface area (Å²) in [6.45, 7) is 6.37. The lowest BCUT2D eigenvalue weighted by Gasteiger charge is -2.24. The molecule has 0 spiro atoms. The Morgan fingerprint density at radius 1 is 0.417 bits per heavy atom. The van der Waals surface area contributed by atoms with Gasteiger partial charge >= 0.3 is 5.97 Å². The lowest BCUT2D eigenvalue weighted by atomic mass is 10.0. The molecule has 3 atom stereocenters. The highest BCUT2D eigenvalue weighted by Gasteiger charge is 2.24. The molecule has 0 saturated heterocycles. The summed E-state index contributed by atoms with van der Waals surface area (Å²) in [4.78, 5) is 26.4. The van der Waals surface area contributed by atoms with Gasteiger partial charge in [-0.1, -0.05) is 266 Å². The van der Waals surface area contributed by atoms with Crippen molar-refractivity contribution in [2.24, 2.45) is 0 Å². The Labute approximate surface area is 446 Å². The van der Waals surface area contributed by atoms with Crippen LogP contribution in [0.4, 0.5) is 0 Å². The van der Waals surface area contributed by atoms with E-state index < -0.39 is 18.2 Å². The second kappa shape index (κ2) is 58.9. The van der Waals surface area contributed by atoms with Gasteiger partial charge in [0.25, 0.3) is 0 Å². The van der Waals surface area contributed by atoms with Crippen LogP contribution in [0.3, 0.4) is 0 Å². The molecular formula is C66H117NO5. The fraction of sp³-hybridized carbons (Fsp3) is 0.758. The summed E-state index contributed by atoms with van der Waals surface area (Å²) in [7, 11) is 0. The highest BCUT2D eigenvalue weighted by molar-refractivity contribution is 5.77. The largest absolute Gasteiger partial charge is 0.462 e. The molecule has 6 heteroatoms. The van der Waals surface area contributed by atoms with Crippen LogP contribution in [-0.2, 0) is 14.3 Å². The van der Waals surface area contributed by atoms with Crippen LogP contribution in [0.25, 0.3) is 0 Å². The summed E-state index contributed by atoms with van der Waals surface area (Å²) < 4.78 is 5.96. The van der Waals surface area contributed by atoms with Gasteiger partial charge in [-0.05, 0) is 103 Å². The Balaban J connectivity index is 4.62. The zero-order chi connectivity index (χ0) is 52.3. The van der Waals surface area contributed by atoms with E-state index in [4.69, 9.17) is 4.74 Å². The van der Waals surface area contributed by atoms with Crippen molar-refractivity contribution in [3.05, 3.63) is 85.1 Å². The number of aliphatic hydroxyl groups excluding tert-OH is 2. The van der Waals surface area contributed by atoms with Crippen molar-refractivity contribution < 1.29 is 24.5 Å². The van der Waals surface area contributed by atoms with E-state index in [0.717, 1.165) is 109 Å². The van der Waals surface area contributed by atoms with Gasteiger partial charge in [0.1, 0.15) is 6.10 Å². The van der Waals surface area contributed by atoms with Gasteiger partial charge < -0.3 is 20.3 Å². The molecule has 0 fully saturated rings. The molecule has 0 aliphatic carbocycles. The number of aliphatic hydroxyl groups is 2. The predicted molar refractivity (Wildman–Crippen MR) is 314 cm³/mol. The number of hydrogen-bond acceptors (Lipinski definition) is 5. The molecule has 0 bridgehead atoms. The first-order valence-corrected chi connectivity index (χ1v) is 30.8. The highest BCUT2D eigenvalue weighted by Crippen LogP contribution is 2.18. The molecule has 0 aliphatic rings. The highest BCUT2D eigenvalue weighted by atomic mass is 16.5. The summed E-state index contributed by atoms with van der Waals surface area (Å²) in [5, 5.41) is 24.0. The summed E-state index contributed by atoms with van der Waals surface area (Å²) in [6, 6.07) is -0.717. The van der Waals surface area contributed by atoms with E-state index in [9.17, 15) is 19.8 Å². The standard InChI is InChI=1S/C66H117NO5/c1-4-7-10-13-16-19-22-25-28-31-32-35-38-41-44-47-50-53-56-59-66(71)72-62(57-54-51-48-45-42-39-36-33-29-26-23-20-17-14-11-8-5-2)60-65(70)67-63(61-68)64(69)58-55-52-49-46-43-40-37-34-30-27-24-21-18-15-12-9-6-3/h7,10,16-17,19-20,25-26,28-29,32,35,41,44,62-64,68-69H,4-6,8-9,11-15,18,21-24,27,30-31,33-34,36-40,42-43,45-61H2,1-3H3,(H,67,70)/b10-7-,19-16-,20-17-,28-25-,29-26-,35-32-,44-41-. The quantitative estimate of drug-likeness (QED) is 0.0320. The van der Waals surface area contributed by atoms with Crippen molar-refractivity contribution >= 4 is 11.9 Å². The average molecular weight is 1000 g/mol. The maximum absolute atomic E-state index is 13.3. The summed E-state index contributed by atoms with van der Waals surface area (Å²) >= 11 is 0. The third kappa shape index (κ3) is 53.3. The van der Waals surface area contributed by atoms with E-state index in [2.05, 4.69) is 111 Å². The molecule has 0 aromatic heterocycles. The van der Waals surface area contributed by atoms with Crippen LogP contribution in [0, 0.1) is 0 Å². The van der Waals surface area contributed by atoms with E-state index in [1.54, 1.807) is 0 Å². The van der Waals surface area contributed by atoms with Crippen molar-refractivity contribution in [2.75, 3.05) is 6.61 Å². The van der Waals surface area contributed by atoms with Crippen LogP contribution in [0.1, 0.15) is 297 Å². The van der Waals surface area contributed by atoms with Gasteiger partial charge in [0.05, 0.1) is 25.2 Å². The third-order valence-corrected chi connectivity index (χ3v) is 13.7. The van der Waals surface area contributed by atoms with E-state index in [1.807, 2.05) is 0 Å². The topological polar surface area (TPSA) is 95.9 Å². The van der Waals surface area contributed by atoms with E-state index in [0.29, 0.717) is 19.3 Å². The van der Waals surface area contributed by atoms with Crippen molar-refractivity contribution in [2.45, 2.75) is 315 Å². The van der Waals surface area contributed by atoms with Crippen LogP contribution < -0.4 is 5.32 Å². The Kier molecular flexibility index (Phi) is 56.5. The van der Waals surface area contributed by atoms with Crippen LogP contribution in [0.15, 0.2) is 85.1 Å². The lowest BCUT2D eigenvalue weighted by molar-refractivity contribution is -0.151. The smallest absolute Gasteiger partial charge is 0.306 e. The molecule has 0 aromatic carbocycles. The number of ether oxygens (including phenoxy) is 1. The monoisotopic (exact) mass is 1000 g/mol. The molecule has 1 amide bonds. The first-order valence-electron chi connectivity index (χ1n) is 30.8. The number of allylic oxidation sites excluding steroid dienone is 14. The van der Waals surface area contributed by atoms with Crippen LogP contribution in [0.2, 0.25) is 0 Å². The second-order valence-corrected chi connectivity index (χ2v) is 20.7. The van der Waals surface area contributed by atoms with E-state index >= 15 is 0 Å². The summed E-state index contributed by atoms with van der Waals surface area (Å²) in [5.74, 6) is -0.514. The molecular weight excluding hydrogens is 887 g/mol. The Morgan fingerprint density at radius 3 is 1.17 bits per heavy atom. The number of hydrogen-bond donors (Lipinski definition) is 3. The zero-order valence-corrected chi connectivity index (χ0v) is 47.5.